The first kappa shape index (κ1) is 13.1. The van der Waals surface area contributed by atoms with Gasteiger partial charge in [-0.2, -0.15) is 0 Å². The minimum absolute atomic E-state index is 0.633. The molecule has 0 bridgehead atoms. The Kier molecular flexibility index (Phi) is 3.85. The molecule has 1 aromatic heterocycles. The molecule has 0 aliphatic heterocycles. The Morgan fingerprint density at radius 3 is 2.79 bits per heavy atom. The van der Waals surface area contributed by atoms with Crippen LogP contribution in [0.15, 0.2) is 24.4 Å². The minimum atomic E-state index is 0.633. The van der Waals surface area contributed by atoms with Gasteiger partial charge in [0.2, 0.25) is 0 Å². The molecule has 0 radical (unpaired) electrons. The highest BCUT2D eigenvalue weighted by Gasteiger charge is 2.04. The molecule has 0 amide bonds. The number of nitrogens with zero attached hydrogens (tertiary/aromatic N) is 2. The lowest BCUT2D eigenvalue weighted by atomic mass is 10.2. The lowest BCUT2D eigenvalue weighted by Crippen LogP contribution is -2.06. The van der Waals surface area contributed by atoms with E-state index in [2.05, 4.69) is 15.3 Å². The van der Waals surface area contributed by atoms with Crippen molar-refractivity contribution in [2.24, 2.45) is 0 Å². The highest BCUT2D eigenvalue weighted by molar-refractivity contribution is 5.54. The maximum atomic E-state index is 5.87. The summed E-state index contributed by atoms with van der Waals surface area (Å²) in [5.74, 6) is 1.49. The first-order valence-electron chi connectivity index (χ1n) is 6.06. The third-order valence-corrected chi connectivity index (χ3v) is 2.83. The van der Waals surface area contributed by atoms with Gasteiger partial charge in [-0.1, -0.05) is 6.07 Å². The molecule has 0 atom stereocenters. The van der Waals surface area contributed by atoms with Crippen LogP contribution in [0.2, 0.25) is 0 Å². The normalized spacial score (nSPS) is 10.3. The van der Waals surface area contributed by atoms with Gasteiger partial charge in [-0.15, -0.1) is 0 Å². The Bertz CT molecular complexity index is 584. The van der Waals surface area contributed by atoms with Gasteiger partial charge in [-0.25, -0.2) is 4.98 Å². The number of benzene rings is 1. The summed E-state index contributed by atoms with van der Waals surface area (Å²) in [6.45, 7) is 4.49. The van der Waals surface area contributed by atoms with Gasteiger partial charge in [-0.3, -0.25) is 4.98 Å². The van der Waals surface area contributed by atoms with Crippen LogP contribution in [0.5, 0.6) is 5.75 Å². The molecule has 0 aliphatic carbocycles. The Balaban J connectivity index is 2.10. The van der Waals surface area contributed by atoms with E-state index in [0.717, 1.165) is 22.8 Å². The number of nitrogens with one attached hydrogen (secondary N) is 1. The number of rotatable bonds is 4. The molecule has 0 fully saturated rings. The van der Waals surface area contributed by atoms with Crippen LogP contribution in [-0.4, -0.2) is 17.1 Å². The Labute approximate surface area is 112 Å². The SMILES string of the molecule is COc1ccc(CNc2nc(C)cnc2C)cc1N. The largest absolute Gasteiger partial charge is 0.495 e. The predicted molar refractivity (Wildman–Crippen MR) is 76.2 cm³/mol. The van der Waals surface area contributed by atoms with Crippen molar-refractivity contribution in [2.45, 2.75) is 20.4 Å². The monoisotopic (exact) mass is 258 g/mol. The van der Waals surface area contributed by atoms with Crippen LogP contribution in [0.1, 0.15) is 17.0 Å². The zero-order valence-corrected chi connectivity index (χ0v) is 11.4. The molecule has 1 aromatic carbocycles. The van der Waals surface area contributed by atoms with E-state index in [-0.39, 0.29) is 0 Å². The van der Waals surface area contributed by atoms with Crippen LogP contribution in [0.4, 0.5) is 11.5 Å². The average Bonchev–Trinajstić information content (AvgIpc) is 2.40. The molecule has 100 valence electrons. The summed E-state index contributed by atoms with van der Waals surface area (Å²) in [7, 11) is 1.61. The average molecular weight is 258 g/mol. The third kappa shape index (κ3) is 3.13. The van der Waals surface area contributed by atoms with Crippen molar-refractivity contribution in [1.82, 2.24) is 9.97 Å². The lowest BCUT2D eigenvalue weighted by molar-refractivity contribution is 0.417. The zero-order chi connectivity index (χ0) is 13.8. The molecule has 2 aromatic rings. The van der Waals surface area contributed by atoms with E-state index in [1.807, 2.05) is 32.0 Å². The van der Waals surface area contributed by atoms with Gasteiger partial charge in [0, 0.05) is 12.7 Å². The fourth-order valence-corrected chi connectivity index (χ4v) is 1.78. The first-order valence-corrected chi connectivity index (χ1v) is 6.06. The Morgan fingerprint density at radius 1 is 1.32 bits per heavy atom. The quantitative estimate of drug-likeness (QED) is 0.823. The van der Waals surface area contributed by atoms with Crippen molar-refractivity contribution in [3.8, 4) is 5.75 Å². The minimum Gasteiger partial charge on any atom is -0.495 e. The number of methoxy groups -OCH3 is 1. The molecular weight excluding hydrogens is 240 g/mol. The molecule has 3 N–H and O–H groups in total. The molecule has 1 heterocycles. The molecule has 0 aliphatic rings. The zero-order valence-electron chi connectivity index (χ0n) is 11.4. The van der Waals surface area contributed by atoms with Crippen LogP contribution in [0.3, 0.4) is 0 Å². The summed E-state index contributed by atoms with van der Waals surface area (Å²) in [5, 5.41) is 3.26. The van der Waals surface area contributed by atoms with Crippen molar-refractivity contribution in [1.29, 1.82) is 0 Å². The second-order valence-electron chi connectivity index (χ2n) is 4.38. The summed E-state index contributed by atoms with van der Waals surface area (Å²) < 4.78 is 5.13. The lowest BCUT2D eigenvalue weighted by Gasteiger charge is -2.10. The van der Waals surface area contributed by atoms with Crippen molar-refractivity contribution in [2.75, 3.05) is 18.2 Å². The fourth-order valence-electron chi connectivity index (χ4n) is 1.78. The second-order valence-corrected chi connectivity index (χ2v) is 4.38. The van der Waals surface area contributed by atoms with Crippen LogP contribution < -0.4 is 15.8 Å². The van der Waals surface area contributed by atoms with Gasteiger partial charge in [0.15, 0.2) is 0 Å². The highest BCUT2D eigenvalue weighted by Crippen LogP contribution is 2.22. The molecule has 0 unspecified atom stereocenters. The number of hydrogen-bond donors (Lipinski definition) is 2. The van der Waals surface area contributed by atoms with Gasteiger partial charge in [-0.05, 0) is 31.5 Å². The van der Waals surface area contributed by atoms with Crippen LogP contribution in [0, 0.1) is 13.8 Å². The second kappa shape index (κ2) is 5.56. The summed E-state index contributed by atoms with van der Waals surface area (Å²) in [4.78, 5) is 8.68. The number of aryl methyl sites for hydroxylation is 2. The van der Waals surface area contributed by atoms with E-state index in [1.165, 1.54) is 0 Å². The Morgan fingerprint density at radius 2 is 2.11 bits per heavy atom. The molecular formula is C14H18N4O. The number of nitrogens with two attached hydrogens (primary N) is 1. The summed E-state index contributed by atoms with van der Waals surface area (Å²) in [6, 6.07) is 5.73. The van der Waals surface area contributed by atoms with Gasteiger partial charge in [0.1, 0.15) is 11.6 Å². The highest BCUT2D eigenvalue weighted by atomic mass is 16.5. The van der Waals surface area contributed by atoms with Crippen molar-refractivity contribution >= 4 is 11.5 Å². The van der Waals surface area contributed by atoms with Crippen molar-refractivity contribution in [3.05, 3.63) is 41.3 Å². The van der Waals surface area contributed by atoms with E-state index in [0.29, 0.717) is 18.0 Å². The maximum absolute atomic E-state index is 5.87. The summed E-state index contributed by atoms with van der Waals surface area (Å²) in [5.41, 5.74) is 9.35. The molecule has 0 saturated heterocycles. The first-order chi connectivity index (χ1) is 9.10. The molecule has 5 heteroatoms. The number of aromatic nitrogens is 2. The van der Waals surface area contributed by atoms with Crippen molar-refractivity contribution < 1.29 is 4.74 Å². The molecule has 19 heavy (non-hydrogen) atoms. The number of hydrogen-bond acceptors (Lipinski definition) is 5. The molecule has 2 rings (SSSR count). The summed E-state index contributed by atoms with van der Waals surface area (Å²) in [6.07, 6.45) is 1.76. The van der Waals surface area contributed by atoms with Crippen LogP contribution >= 0.6 is 0 Å². The number of nitrogen functional groups attached to an aromatic ring is 1. The fraction of sp³-hybridized carbons (Fsp3) is 0.286. The smallest absolute Gasteiger partial charge is 0.148 e. The van der Waals surface area contributed by atoms with Gasteiger partial charge in [0.05, 0.1) is 24.2 Å². The van der Waals surface area contributed by atoms with Gasteiger partial charge >= 0.3 is 0 Å². The van der Waals surface area contributed by atoms with E-state index in [4.69, 9.17) is 10.5 Å². The standard InChI is InChI=1S/C14H18N4O/c1-9-7-16-10(2)14(18-9)17-8-11-4-5-13(19-3)12(15)6-11/h4-7H,8,15H2,1-3H3,(H,17,18). The van der Waals surface area contributed by atoms with Gasteiger partial charge < -0.3 is 15.8 Å². The predicted octanol–water partition coefficient (Wildman–Crippen LogP) is 2.30. The number of ether oxygens (including phenoxy) is 1. The molecule has 0 saturated carbocycles. The van der Waals surface area contributed by atoms with E-state index in [9.17, 15) is 0 Å². The maximum Gasteiger partial charge on any atom is 0.148 e. The van der Waals surface area contributed by atoms with Crippen LogP contribution in [0.25, 0.3) is 0 Å². The van der Waals surface area contributed by atoms with E-state index >= 15 is 0 Å². The molecule has 0 spiro atoms. The van der Waals surface area contributed by atoms with Crippen LogP contribution in [-0.2, 0) is 6.54 Å². The van der Waals surface area contributed by atoms with Crippen molar-refractivity contribution in [3.63, 3.8) is 0 Å². The Hall–Kier alpha value is -2.30. The van der Waals surface area contributed by atoms with E-state index < -0.39 is 0 Å². The van der Waals surface area contributed by atoms with E-state index in [1.54, 1.807) is 13.3 Å². The van der Waals surface area contributed by atoms with Gasteiger partial charge in [0.25, 0.3) is 0 Å². The summed E-state index contributed by atoms with van der Waals surface area (Å²) >= 11 is 0. The topological polar surface area (TPSA) is 73.1 Å². The molecule has 5 nitrogen and oxygen atoms in total. The number of anilines is 2. The third-order valence-electron chi connectivity index (χ3n) is 2.83.